The fourth-order valence-electron chi connectivity index (χ4n) is 4.51. The van der Waals surface area contributed by atoms with Crippen LogP contribution in [0.5, 0.6) is 0 Å². The van der Waals surface area contributed by atoms with Gasteiger partial charge in [-0.25, -0.2) is 4.39 Å². The van der Waals surface area contributed by atoms with Crippen molar-refractivity contribution < 1.29 is 9.13 Å². The van der Waals surface area contributed by atoms with Gasteiger partial charge in [-0.2, -0.15) is 5.26 Å². The van der Waals surface area contributed by atoms with Crippen molar-refractivity contribution in [2.45, 2.75) is 61.4 Å². The minimum atomic E-state index is -0.503. The summed E-state index contributed by atoms with van der Waals surface area (Å²) >= 11 is 1.58. The molecule has 0 spiro atoms. The van der Waals surface area contributed by atoms with Crippen LogP contribution in [0.1, 0.15) is 55.2 Å². The second kappa shape index (κ2) is 8.13. The maximum absolute atomic E-state index is 14.7. The molecular weight excluding hydrogens is 381 g/mol. The summed E-state index contributed by atoms with van der Waals surface area (Å²) in [7, 11) is 0. The molecular formula is C25H28FNOS. The maximum atomic E-state index is 14.7. The largest absolute Gasteiger partial charge is 0.370 e. The van der Waals surface area contributed by atoms with Crippen molar-refractivity contribution in [3.8, 4) is 6.07 Å². The number of halogens is 1. The number of nitriles is 1. The zero-order valence-corrected chi connectivity index (χ0v) is 18.0. The molecule has 4 heteroatoms. The summed E-state index contributed by atoms with van der Waals surface area (Å²) in [5, 5.41) is 10.1. The zero-order chi connectivity index (χ0) is 20.5. The van der Waals surface area contributed by atoms with Gasteiger partial charge in [0.15, 0.2) is 0 Å². The third kappa shape index (κ3) is 3.96. The highest BCUT2D eigenvalue weighted by molar-refractivity contribution is 7.98. The van der Waals surface area contributed by atoms with Gasteiger partial charge < -0.3 is 4.74 Å². The second-order valence-electron chi connectivity index (χ2n) is 8.59. The average Bonchev–Trinajstić information content (AvgIpc) is 3.60. The molecule has 2 aromatic rings. The summed E-state index contributed by atoms with van der Waals surface area (Å²) in [5.74, 6) is 0.473. The highest BCUT2D eigenvalue weighted by atomic mass is 32.2. The van der Waals surface area contributed by atoms with E-state index in [4.69, 9.17) is 4.74 Å². The molecule has 2 saturated carbocycles. The van der Waals surface area contributed by atoms with Crippen LogP contribution in [0.25, 0.3) is 0 Å². The van der Waals surface area contributed by atoms with Crippen molar-refractivity contribution in [2.75, 3.05) is 12.9 Å². The average molecular weight is 410 g/mol. The molecule has 0 unspecified atom stereocenters. The summed E-state index contributed by atoms with van der Waals surface area (Å²) < 4.78 is 21.3. The normalized spacial score (nSPS) is 26.8. The lowest BCUT2D eigenvalue weighted by molar-refractivity contribution is -0.0883. The number of ether oxygens (including phenoxy) is 1. The van der Waals surface area contributed by atoms with Crippen LogP contribution in [-0.4, -0.2) is 12.9 Å². The van der Waals surface area contributed by atoms with Gasteiger partial charge in [0, 0.05) is 4.90 Å². The summed E-state index contributed by atoms with van der Waals surface area (Å²) in [6.07, 6.45) is 7.35. The van der Waals surface area contributed by atoms with Gasteiger partial charge in [-0.15, -0.1) is 11.8 Å². The Bertz CT molecular complexity index is 908. The van der Waals surface area contributed by atoms with E-state index in [0.717, 1.165) is 48.3 Å². The first kappa shape index (κ1) is 20.4. The van der Waals surface area contributed by atoms with E-state index in [1.807, 2.05) is 31.4 Å². The van der Waals surface area contributed by atoms with Gasteiger partial charge in [0.05, 0.1) is 23.7 Å². The fourth-order valence-corrected chi connectivity index (χ4v) is 5.16. The van der Waals surface area contributed by atoms with E-state index in [-0.39, 0.29) is 5.82 Å². The van der Waals surface area contributed by atoms with Gasteiger partial charge in [0.25, 0.3) is 0 Å². The molecule has 2 aliphatic rings. The lowest BCUT2D eigenvalue weighted by atomic mass is 9.64. The van der Waals surface area contributed by atoms with Crippen LogP contribution in [0.15, 0.2) is 47.4 Å². The number of rotatable bonds is 6. The van der Waals surface area contributed by atoms with Gasteiger partial charge in [-0.3, -0.25) is 0 Å². The zero-order valence-electron chi connectivity index (χ0n) is 17.2. The SMILES string of the molecule is CSc1cc([C@]2(OCC3CC3)CC[C@](C#N)(c3ccccc3)CC2)cc(F)c1C. The Kier molecular flexibility index (Phi) is 5.73. The molecule has 2 fully saturated rings. The lowest BCUT2D eigenvalue weighted by Gasteiger charge is -2.44. The van der Waals surface area contributed by atoms with Crippen molar-refractivity contribution in [1.82, 2.24) is 0 Å². The molecule has 0 heterocycles. The first-order chi connectivity index (χ1) is 14.0. The Balaban J connectivity index is 1.67. The predicted octanol–water partition coefficient (Wildman–Crippen LogP) is 6.51. The molecule has 0 radical (unpaired) electrons. The van der Waals surface area contributed by atoms with E-state index >= 15 is 0 Å². The number of benzene rings is 2. The summed E-state index contributed by atoms with van der Waals surface area (Å²) in [6.45, 7) is 2.56. The minimum Gasteiger partial charge on any atom is -0.370 e. The molecule has 2 aromatic carbocycles. The number of hydrogen-bond acceptors (Lipinski definition) is 3. The van der Waals surface area contributed by atoms with Crippen LogP contribution in [0, 0.1) is 30.0 Å². The molecule has 0 saturated heterocycles. The molecule has 0 bridgehead atoms. The van der Waals surface area contributed by atoms with E-state index < -0.39 is 11.0 Å². The standard InChI is InChI=1S/C25H28FNOS/c1-18-22(26)14-21(15-23(18)29-2)25(28-16-19-8-9-19)12-10-24(17-27,11-13-25)20-6-4-3-5-7-20/h3-7,14-15,19H,8-13,16H2,1-2H3/t24-,25-. The van der Waals surface area contributed by atoms with Crippen LogP contribution in [0.4, 0.5) is 4.39 Å². The van der Waals surface area contributed by atoms with E-state index in [1.165, 1.54) is 12.8 Å². The molecule has 0 aliphatic heterocycles. The monoisotopic (exact) mass is 409 g/mol. The van der Waals surface area contributed by atoms with Crippen LogP contribution < -0.4 is 0 Å². The molecule has 29 heavy (non-hydrogen) atoms. The van der Waals surface area contributed by atoms with Crippen molar-refractivity contribution in [1.29, 1.82) is 5.26 Å². The summed E-state index contributed by atoms with van der Waals surface area (Å²) in [4.78, 5) is 0.967. The Hall–Kier alpha value is -1.83. The Morgan fingerprint density at radius 1 is 1.10 bits per heavy atom. The smallest absolute Gasteiger partial charge is 0.127 e. The van der Waals surface area contributed by atoms with Gasteiger partial charge in [-0.1, -0.05) is 30.3 Å². The van der Waals surface area contributed by atoms with E-state index in [2.05, 4.69) is 24.3 Å². The van der Waals surface area contributed by atoms with E-state index in [0.29, 0.717) is 11.5 Å². The number of hydrogen-bond donors (Lipinski definition) is 0. The maximum Gasteiger partial charge on any atom is 0.127 e. The van der Waals surface area contributed by atoms with E-state index in [9.17, 15) is 9.65 Å². The molecule has 2 nitrogen and oxygen atoms in total. The van der Waals surface area contributed by atoms with Crippen molar-refractivity contribution in [2.24, 2.45) is 5.92 Å². The van der Waals surface area contributed by atoms with Gasteiger partial charge in [0.1, 0.15) is 5.82 Å². The minimum absolute atomic E-state index is 0.165. The van der Waals surface area contributed by atoms with Crippen molar-refractivity contribution >= 4 is 11.8 Å². The first-order valence-electron chi connectivity index (χ1n) is 10.5. The fraction of sp³-hybridized carbons (Fsp3) is 0.480. The molecule has 0 atom stereocenters. The molecule has 0 N–H and O–H groups in total. The van der Waals surface area contributed by atoms with Crippen molar-refractivity contribution in [3.05, 3.63) is 65.0 Å². The number of thioether (sulfide) groups is 1. The molecule has 4 rings (SSSR count). The summed E-state index contributed by atoms with van der Waals surface area (Å²) in [5.41, 5.74) is 1.73. The number of nitrogens with zero attached hydrogens (tertiary/aromatic N) is 1. The Labute approximate surface area is 177 Å². The molecule has 0 amide bonds. The molecule has 2 aliphatic carbocycles. The van der Waals surface area contributed by atoms with Crippen molar-refractivity contribution in [3.63, 3.8) is 0 Å². The van der Waals surface area contributed by atoms with Gasteiger partial charge in [0.2, 0.25) is 0 Å². The predicted molar refractivity (Wildman–Crippen MR) is 115 cm³/mol. The lowest BCUT2D eigenvalue weighted by Crippen LogP contribution is -2.41. The van der Waals surface area contributed by atoms with Crippen LogP contribution in [0.3, 0.4) is 0 Å². The Morgan fingerprint density at radius 3 is 2.38 bits per heavy atom. The third-order valence-corrected chi connectivity index (χ3v) is 7.65. The molecule has 0 aromatic heterocycles. The quantitative estimate of drug-likeness (QED) is 0.510. The van der Waals surface area contributed by atoms with Crippen LogP contribution >= 0.6 is 11.8 Å². The van der Waals surface area contributed by atoms with E-state index in [1.54, 1.807) is 17.8 Å². The highest BCUT2D eigenvalue weighted by Crippen LogP contribution is 2.50. The van der Waals surface area contributed by atoms with Gasteiger partial charge >= 0.3 is 0 Å². The highest BCUT2D eigenvalue weighted by Gasteiger charge is 2.46. The molecule has 152 valence electrons. The second-order valence-corrected chi connectivity index (χ2v) is 9.44. The first-order valence-corrected chi connectivity index (χ1v) is 11.7. The topological polar surface area (TPSA) is 33.0 Å². The van der Waals surface area contributed by atoms with Crippen LogP contribution in [0.2, 0.25) is 0 Å². The van der Waals surface area contributed by atoms with Crippen LogP contribution in [-0.2, 0) is 15.8 Å². The Morgan fingerprint density at radius 2 is 1.79 bits per heavy atom. The summed E-state index contributed by atoms with van der Waals surface area (Å²) in [6, 6.07) is 16.5. The third-order valence-electron chi connectivity index (χ3n) is 6.79. The van der Waals surface area contributed by atoms with Gasteiger partial charge in [-0.05, 0) is 86.4 Å².